The van der Waals surface area contributed by atoms with E-state index in [-0.39, 0.29) is 0 Å². The van der Waals surface area contributed by atoms with Crippen LogP contribution in [0.2, 0.25) is 5.02 Å². The average Bonchev–Trinajstić information content (AvgIpc) is 2.58. The number of rotatable bonds is 5. The first-order valence-corrected chi connectivity index (χ1v) is 8.00. The van der Waals surface area contributed by atoms with Crippen molar-refractivity contribution < 1.29 is 0 Å². The summed E-state index contributed by atoms with van der Waals surface area (Å²) < 4.78 is 0. The van der Waals surface area contributed by atoms with Crippen molar-refractivity contribution in [2.45, 2.75) is 12.8 Å². The van der Waals surface area contributed by atoms with Gasteiger partial charge in [0.2, 0.25) is 0 Å². The van der Waals surface area contributed by atoms with Gasteiger partial charge in [-0.3, -0.25) is 4.98 Å². The van der Waals surface area contributed by atoms with Crippen LogP contribution in [0.4, 0.5) is 0 Å². The highest BCUT2D eigenvalue weighted by atomic mass is 35.5. The number of hydrogen-bond acceptors (Lipinski definition) is 1. The number of halogens is 1. The zero-order valence-electron chi connectivity index (χ0n) is 12.9. The highest BCUT2D eigenvalue weighted by Gasteiger charge is 2.14. The van der Waals surface area contributed by atoms with Gasteiger partial charge in [-0.05, 0) is 29.5 Å². The second-order valence-corrected chi connectivity index (χ2v) is 5.86. The molecule has 0 amide bonds. The second-order valence-electron chi connectivity index (χ2n) is 5.43. The normalized spacial score (nSPS) is 10.7. The van der Waals surface area contributed by atoms with Gasteiger partial charge in [0.1, 0.15) is 0 Å². The van der Waals surface area contributed by atoms with Crippen LogP contribution in [-0.2, 0) is 12.8 Å². The molecule has 0 radical (unpaired) electrons. The van der Waals surface area contributed by atoms with Gasteiger partial charge >= 0.3 is 0 Å². The van der Waals surface area contributed by atoms with E-state index in [4.69, 9.17) is 16.6 Å². The average molecular weight is 320 g/mol. The lowest BCUT2D eigenvalue weighted by Crippen LogP contribution is -2.00. The topological polar surface area (TPSA) is 12.9 Å². The zero-order chi connectivity index (χ0) is 16.2. The van der Waals surface area contributed by atoms with Gasteiger partial charge in [-0.25, -0.2) is 0 Å². The van der Waals surface area contributed by atoms with Crippen LogP contribution < -0.4 is 0 Å². The van der Waals surface area contributed by atoms with Crippen molar-refractivity contribution >= 4 is 22.4 Å². The third-order valence-corrected chi connectivity index (χ3v) is 4.12. The lowest BCUT2D eigenvalue weighted by Gasteiger charge is -2.15. The number of pyridine rings is 1. The maximum atomic E-state index is 6.20. The Hall–Kier alpha value is -2.38. The van der Waals surface area contributed by atoms with E-state index in [1.165, 1.54) is 10.9 Å². The van der Waals surface area contributed by atoms with E-state index in [1.807, 2.05) is 42.5 Å². The van der Waals surface area contributed by atoms with E-state index < -0.39 is 0 Å². The number of nitrogens with zero attached hydrogens (tertiary/aromatic N) is 1. The molecule has 1 nitrogen and oxygen atoms in total. The predicted octanol–water partition coefficient (Wildman–Crippen LogP) is 6.01. The summed E-state index contributed by atoms with van der Waals surface area (Å²) in [5.74, 6) is 0. The van der Waals surface area contributed by atoms with Crippen molar-refractivity contribution in [1.82, 2.24) is 4.98 Å². The Bertz CT molecular complexity index is 866. The molecule has 0 aliphatic heterocycles. The van der Waals surface area contributed by atoms with Gasteiger partial charge < -0.3 is 0 Å². The van der Waals surface area contributed by atoms with E-state index in [0.29, 0.717) is 6.42 Å². The molecule has 3 rings (SSSR count). The Morgan fingerprint density at radius 2 is 1.65 bits per heavy atom. The van der Waals surface area contributed by atoms with Crippen LogP contribution in [0.5, 0.6) is 0 Å². The van der Waals surface area contributed by atoms with Crippen molar-refractivity contribution in [2.75, 3.05) is 0 Å². The van der Waals surface area contributed by atoms with Crippen molar-refractivity contribution in [3.8, 4) is 11.3 Å². The van der Waals surface area contributed by atoms with E-state index in [2.05, 4.69) is 31.4 Å². The van der Waals surface area contributed by atoms with Gasteiger partial charge in [-0.2, -0.15) is 0 Å². The molecule has 0 unspecified atom stereocenters. The Labute approximate surface area is 142 Å². The minimum Gasteiger partial charge on any atom is -0.252 e. The van der Waals surface area contributed by atoms with Gasteiger partial charge in [0, 0.05) is 22.4 Å². The SMILES string of the molecule is C=CCc1nc(-c2ccccc2)c(CC=C)c2ccc(Cl)cc12. The molecule has 1 aromatic heterocycles. The van der Waals surface area contributed by atoms with E-state index in [0.717, 1.165) is 33.8 Å². The molecule has 0 bridgehead atoms. The van der Waals surface area contributed by atoms with Crippen molar-refractivity contribution in [1.29, 1.82) is 0 Å². The fourth-order valence-electron chi connectivity index (χ4n) is 2.89. The summed E-state index contributed by atoms with van der Waals surface area (Å²) in [4.78, 5) is 4.94. The Morgan fingerprint density at radius 3 is 2.35 bits per heavy atom. The summed E-state index contributed by atoms with van der Waals surface area (Å²) in [6.07, 6.45) is 5.28. The summed E-state index contributed by atoms with van der Waals surface area (Å²) in [6.45, 7) is 7.76. The fraction of sp³-hybridized carbons (Fsp3) is 0.0952. The molecule has 0 fully saturated rings. The Kier molecular flexibility index (Phi) is 4.59. The number of hydrogen-bond donors (Lipinski definition) is 0. The maximum Gasteiger partial charge on any atom is 0.0746 e. The van der Waals surface area contributed by atoms with Crippen LogP contribution in [-0.4, -0.2) is 4.98 Å². The number of aromatic nitrogens is 1. The molecule has 0 saturated carbocycles. The molecule has 1 heterocycles. The molecule has 0 saturated heterocycles. The van der Waals surface area contributed by atoms with Gasteiger partial charge in [0.05, 0.1) is 11.4 Å². The highest BCUT2D eigenvalue weighted by molar-refractivity contribution is 6.31. The molecule has 0 atom stereocenters. The summed E-state index contributed by atoms with van der Waals surface area (Å²) in [5, 5.41) is 3.00. The smallest absolute Gasteiger partial charge is 0.0746 e. The summed E-state index contributed by atoms with van der Waals surface area (Å²) in [7, 11) is 0. The third kappa shape index (κ3) is 3.06. The second kappa shape index (κ2) is 6.80. The molecule has 23 heavy (non-hydrogen) atoms. The first-order chi connectivity index (χ1) is 11.2. The molecular formula is C21H18ClN. The molecule has 0 aliphatic carbocycles. The largest absolute Gasteiger partial charge is 0.252 e. The van der Waals surface area contributed by atoms with Crippen LogP contribution in [0.15, 0.2) is 73.8 Å². The molecule has 0 N–H and O–H groups in total. The maximum absolute atomic E-state index is 6.20. The molecule has 2 heteroatoms. The number of fused-ring (bicyclic) bond motifs is 1. The first kappa shape index (κ1) is 15.5. The van der Waals surface area contributed by atoms with Crippen LogP contribution >= 0.6 is 11.6 Å². The molecule has 0 aliphatic rings. The van der Waals surface area contributed by atoms with Crippen LogP contribution in [0.3, 0.4) is 0 Å². The standard InChI is InChI=1S/C21H18ClN/c1-3-8-18-17-13-12-16(22)14-19(17)20(9-4-2)23-21(18)15-10-6-5-7-11-15/h3-7,10-14H,1-2,8-9H2. The number of benzene rings is 2. The van der Waals surface area contributed by atoms with Gasteiger partial charge in [-0.1, -0.05) is 60.2 Å². The summed E-state index contributed by atoms with van der Waals surface area (Å²) in [5.41, 5.74) is 4.32. The van der Waals surface area contributed by atoms with Crippen molar-refractivity contribution in [2.24, 2.45) is 0 Å². The lowest BCUT2D eigenvalue weighted by molar-refractivity contribution is 1.12. The van der Waals surface area contributed by atoms with Crippen molar-refractivity contribution in [3.63, 3.8) is 0 Å². The first-order valence-electron chi connectivity index (χ1n) is 7.63. The Balaban J connectivity index is 2.38. The van der Waals surface area contributed by atoms with E-state index >= 15 is 0 Å². The lowest BCUT2D eigenvalue weighted by atomic mass is 9.95. The van der Waals surface area contributed by atoms with E-state index in [1.54, 1.807) is 0 Å². The fourth-order valence-corrected chi connectivity index (χ4v) is 3.06. The van der Waals surface area contributed by atoms with Gasteiger partial charge in [0.15, 0.2) is 0 Å². The van der Waals surface area contributed by atoms with Crippen LogP contribution in [0, 0.1) is 0 Å². The summed E-state index contributed by atoms with van der Waals surface area (Å²) in [6, 6.07) is 16.3. The molecule has 3 aromatic rings. The molecule has 0 spiro atoms. The van der Waals surface area contributed by atoms with Gasteiger partial charge in [0.25, 0.3) is 0 Å². The monoisotopic (exact) mass is 319 g/mol. The molecule has 2 aromatic carbocycles. The van der Waals surface area contributed by atoms with Crippen LogP contribution in [0.1, 0.15) is 11.3 Å². The molecule has 114 valence electrons. The van der Waals surface area contributed by atoms with Gasteiger partial charge in [-0.15, -0.1) is 13.2 Å². The minimum absolute atomic E-state index is 0.713. The Morgan fingerprint density at radius 1 is 0.913 bits per heavy atom. The van der Waals surface area contributed by atoms with Crippen LogP contribution in [0.25, 0.3) is 22.0 Å². The third-order valence-electron chi connectivity index (χ3n) is 3.88. The van der Waals surface area contributed by atoms with Crippen molar-refractivity contribution in [3.05, 3.63) is 90.1 Å². The zero-order valence-corrected chi connectivity index (χ0v) is 13.7. The predicted molar refractivity (Wildman–Crippen MR) is 100.0 cm³/mol. The number of allylic oxidation sites excluding steroid dienone is 2. The summed E-state index contributed by atoms with van der Waals surface area (Å²) >= 11 is 6.20. The minimum atomic E-state index is 0.713. The quantitative estimate of drug-likeness (QED) is 0.524. The molecular weight excluding hydrogens is 302 g/mol. The highest BCUT2D eigenvalue weighted by Crippen LogP contribution is 2.33. The van der Waals surface area contributed by atoms with E-state index in [9.17, 15) is 0 Å².